The summed E-state index contributed by atoms with van der Waals surface area (Å²) >= 11 is 0. The van der Waals surface area contributed by atoms with Crippen molar-refractivity contribution in [3.05, 3.63) is 0 Å². The second kappa shape index (κ2) is 13.4. The van der Waals surface area contributed by atoms with Crippen LogP contribution in [0.3, 0.4) is 0 Å². The molecular formula is C43H76N4O8. The summed E-state index contributed by atoms with van der Waals surface area (Å²) < 4.78 is 0. The van der Waals surface area contributed by atoms with Gasteiger partial charge < -0.3 is 41.7 Å². The van der Waals surface area contributed by atoms with E-state index >= 15 is 9.59 Å². The van der Waals surface area contributed by atoms with E-state index in [-0.39, 0.29) is 51.4 Å². The molecule has 0 aromatic heterocycles. The van der Waals surface area contributed by atoms with Gasteiger partial charge in [-0.05, 0) is 186 Å². The first-order valence-electron chi connectivity index (χ1n) is 20.5. The van der Waals surface area contributed by atoms with Gasteiger partial charge in [0.25, 0.3) is 0 Å². The monoisotopic (exact) mass is 777 g/mol. The van der Waals surface area contributed by atoms with E-state index in [0.717, 1.165) is 0 Å². The van der Waals surface area contributed by atoms with Crippen molar-refractivity contribution in [2.45, 2.75) is 206 Å². The van der Waals surface area contributed by atoms with E-state index in [1.54, 1.807) is 0 Å². The zero-order valence-corrected chi connectivity index (χ0v) is 36.9. The van der Waals surface area contributed by atoms with Gasteiger partial charge in [-0.2, -0.15) is 0 Å². The van der Waals surface area contributed by atoms with Gasteiger partial charge in [0.1, 0.15) is 5.41 Å². The van der Waals surface area contributed by atoms with Gasteiger partial charge >= 0.3 is 23.9 Å². The maximum absolute atomic E-state index is 15.6. The maximum atomic E-state index is 15.6. The molecule has 4 saturated heterocycles. The molecule has 0 saturated carbocycles. The molecule has 0 aromatic rings. The summed E-state index contributed by atoms with van der Waals surface area (Å²) in [5.74, 6) is -10.9. The topological polar surface area (TPSA) is 197 Å². The molecule has 0 aliphatic carbocycles. The van der Waals surface area contributed by atoms with Crippen LogP contribution < -0.4 is 21.3 Å². The first-order chi connectivity index (χ1) is 24.4. The third kappa shape index (κ3) is 7.84. The molecule has 4 aliphatic heterocycles. The van der Waals surface area contributed by atoms with Gasteiger partial charge in [0.15, 0.2) is 5.41 Å². The highest BCUT2D eigenvalue weighted by Gasteiger charge is 2.85. The van der Waals surface area contributed by atoms with E-state index in [1.165, 1.54) is 0 Å². The van der Waals surface area contributed by atoms with Crippen LogP contribution in [0, 0.1) is 39.9 Å². The Labute approximate surface area is 330 Å². The van der Waals surface area contributed by atoms with Crippen LogP contribution in [0.25, 0.3) is 0 Å². The zero-order valence-electron chi connectivity index (χ0n) is 36.9. The minimum Gasteiger partial charge on any atom is -0.481 e. The van der Waals surface area contributed by atoms with Crippen LogP contribution in [0.1, 0.15) is 162 Å². The Bertz CT molecular complexity index is 1440. The minimum absolute atomic E-state index is 0.0178. The molecule has 12 heteroatoms. The Morgan fingerprint density at radius 2 is 0.582 bits per heavy atom. The Kier molecular flexibility index (Phi) is 11.0. The first kappa shape index (κ1) is 45.4. The van der Waals surface area contributed by atoms with Crippen LogP contribution in [-0.2, 0) is 19.2 Å². The van der Waals surface area contributed by atoms with Crippen molar-refractivity contribution in [2.75, 3.05) is 0 Å². The molecule has 4 fully saturated rings. The molecule has 12 nitrogen and oxygen atoms in total. The van der Waals surface area contributed by atoms with E-state index in [9.17, 15) is 30.0 Å². The molecule has 8 N–H and O–H groups in total. The highest BCUT2D eigenvalue weighted by Crippen LogP contribution is 2.73. The smallest absolute Gasteiger partial charge is 0.322 e. The van der Waals surface area contributed by atoms with E-state index < -0.39 is 108 Å². The molecule has 4 aliphatic rings. The Morgan fingerprint density at radius 3 is 0.782 bits per heavy atom. The number of piperidine rings is 4. The van der Waals surface area contributed by atoms with Gasteiger partial charge in [0, 0.05) is 44.3 Å². The first-order valence-corrected chi connectivity index (χ1v) is 20.5. The van der Waals surface area contributed by atoms with Crippen LogP contribution in [0.2, 0.25) is 0 Å². The van der Waals surface area contributed by atoms with Crippen molar-refractivity contribution in [1.82, 2.24) is 21.3 Å². The fraction of sp³-hybridized carbons (Fsp3) is 0.907. The second-order valence-corrected chi connectivity index (χ2v) is 23.7. The Balaban J connectivity index is 2.43. The number of hydrogen-bond acceptors (Lipinski definition) is 8. The van der Waals surface area contributed by atoms with Crippen molar-refractivity contribution in [3.8, 4) is 0 Å². The van der Waals surface area contributed by atoms with Gasteiger partial charge in [-0.3, -0.25) is 19.2 Å². The standard InChI is InChI=1S/C43H76N4O8/c1-33(2)17-25(18-34(3,4)44-33)41(29(48)49,26-19-35(5,6)45-36(7,8)20-26)43(32(54)55,28-23-39(13,14)47-40(15,16)24-28)42(30(50)51,31(52)53)27-21-37(9,10)46-38(11,12)22-27/h25-28,44-47H,17-24H2,1-16H3,(H,48,49)(H,50,51)(H,52,53)(H,54,55). The molecule has 4 rings (SSSR count). The van der Waals surface area contributed by atoms with E-state index in [2.05, 4.69) is 21.3 Å². The molecule has 0 amide bonds. The lowest BCUT2D eigenvalue weighted by Gasteiger charge is -2.68. The molecule has 316 valence electrons. The molecule has 0 radical (unpaired) electrons. The molecule has 55 heavy (non-hydrogen) atoms. The second-order valence-electron chi connectivity index (χ2n) is 23.7. The van der Waals surface area contributed by atoms with Crippen molar-refractivity contribution >= 4 is 23.9 Å². The Morgan fingerprint density at radius 1 is 0.364 bits per heavy atom. The number of nitrogens with one attached hydrogen (secondary N) is 4. The molecule has 0 spiro atoms. The number of carboxylic acids is 4. The van der Waals surface area contributed by atoms with Gasteiger partial charge in [-0.25, -0.2) is 0 Å². The molecule has 4 heterocycles. The lowest BCUT2D eigenvalue weighted by Crippen LogP contribution is -2.80. The molecular weight excluding hydrogens is 700 g/mol. The SMILES string of the molecule is CC1(C)CC(C(C(=O)O)(C(=O)O)C(C(=O)O)(C2CC(C)(C)NC(C)(C)C2)C(C(=O)O)(C2CC(C)(C)NC(C)(C)C2)C2CC(C)(C)NC(C)(C)C2)CC(C)(C)N1. The van der Waals surface area contributed by atoms with Gasteiger partial charge in [0.05, 0.1) is 5.41 Å². The van der Waals surface area contributed by atoms with Gasteiger partial charge in [-0.1, -0.05) is 0 Å². The number of aliphatic carboxylic acids is 4. The largest absolute Gasteiger partial charge is 0.481 e. The quantitative estimate of drug-likeness (QED) is 0.112. The van der Waals surface area contributed by atoms with Crippen molar-refractivity contribution in [1.29, 1.82) is 0 Å². The summed E-state index contributed by atoms with van der Waals surface area (Å²) in [6.07, 6.45) is 0.990. The van der Waals surface area contributed by atoms with Crippen LogP contribution >= 0.6 is 0 Å². The predicted molar refractivity (Wildman–Crippen MR) is 214 cm³/mol. The van der Waals surface area contributed by atoms with Crippen LogP contribution in [0.4, 0.5) is 0 Å². The van der Waals surface area contributed by atoms with Crippen molar-refractivity contribution in [2.24, 2.45) is 39.9 Å². The summed E-state index contributed by atoms with van der Waals surface area (Å²) in [5, 5.41) is 64.0. The number of hydrogen-bond donors (Lipinski definition) is 8. The van der Waals surface area contributed by atoms with E-state index in [0.29, 0.717) is 0 Å². The van der Waals surface area contributed by atoms with Crippen molar-refractivity contribution in [3.63, 3.8) is 0 Å². The highest BCUT2D eigenvalue weighted by molar-refractivity contribution is 6.07. The highest BCUT2D eigenvalue weighted by atomic mass is 16.4. The minimum atomic E-state index is -3.07. The Hall–Kier alpha value is -2.28. The maximum Gasteiger partial charge on any atom is 0.322 e. The third-order valence-corrected chi connectivity index (χ3v) is 13.9. The van der Waals surface area contributed by atoms with Crippen molar-refractivity contribution < 1.29 is 39.6 Å². The normalized spacial score (nSPS) is 29.1. The zero-order chi connectivity index (χ0) is 42.6. The lowest BCUT2D eigenvalue weighted by atomic mass is 9.33. The van der Waals surface area contributed by atoms with Crippen LogP contribution in [0.5, 0.6) is 0 Å². The number of rotatable bonds is 10. The van der Waals surface area contributed by atoms with E-state index in [1.807, 2.05) is 111 Å². The summed E-state index contributed by atoms with van der Waals surface area (Å²) in [4.78, 5) is 61.0. The fourth-order valence-corrected chi connectivity index (χ4v) is 14.6. The van der Waals surface area contributed by atoms with E-state index in [4.69, 9.17) is 0 Å². The number of carbonyl (C=O) groups is 4. The van der Waals surface area contributed by atoms with Crippen LogP contribution in [0.15, 0.2) is 0 Å². The summed E-state index contributed by atoms with van der Waals surface area (Å²) in [6.45, 7) is 31.0. The fourth-order valence-electron chi connectivity index (χ4n) is 14.6. The average Bonchev–Trinajstić information content (AvgIpc) is 2.84. The molecule has 0 aromatic carbocycles. The van der Waals surface area contributed by atoms with Gasteiger partial charge in [-0.15, -0.1) is 0 Å². The molecule has 1 unspecified atom stereocenters. The van der Waals surface area contributed by atoms with Gasteiger partial charge in [0.2, 0.25) is 0 Å². The van der Waals surface area contributed by atoms with Crippen LogP contribution in [-0.4, -0.2) is 88.6 Å². The predicted octanol–water partition coefficient (Wildman–Crippen LogP) is 6.51. The lowest BCUT2D eigenvalue weighted by molar-refractivity contribution is -0.255. The molecule has 0 bridgehead atoms. The average molecular weight is 777 g/mol. The summed E-state index contributed by atoms with van der Waals surface area (Å²) in [5.41, 5.74) is -14.3. The third-order valence-electron chi connectivity index (χ3n) is 13.9. The summed E-state index contributed by atoms with van der Waals surface area (Å²) in [6, 6.07) is 0. The molecule has 1 atom stereocenters. The summed E-state index contributed by atoms with van der Waals surface area (Å²) in [7, 11) is 0. The number of carboxylic acid groups (broad SMARTS) is 4.